The first-order valence-corrected chi connectivity index (χ1v) is 10.1. The molecule has 3 aromatic rings. The Kier molecular flexibility index (Phi) is 5.45. The fourth-order valence-electron chi connectivity index (χ4n) is 3.42. The van der Waals surface area contributed by atoms with Crippen molar-refractivity contribution in [2.24, 2.45) is 5.10 Å². The molecule has 4 rings (SSSR count). The van der Waals surface area contributed by atoms with Crippen LogP contribution in [0.15, 0.2) is 88.4 Å². The second-order valence-corrected chi connectivity index (χ2v) is 8.02. The monoisotopic (exact) mass is 488 g/mol. The van der Waals surface area contributed by atoms with Crippen LogP contribution in [0.25, 0.3) is 11.1 Å². The molecule has 0 saturated heterocycles. The summed E-state index contributed by atoms with van der Waals surface area (Å²) in [7, 11) is 0. The van der Waals surface area contributed by atoms with E-state index in [1.807, 2.05) is 30.3 Å². The van der Waals surface area contributed by atoms with Crippen LogP contribution in [0.1, 0.15) is 22.3 Å². The maximum atomic E-state index is 13.4. The molecule has 1 atom stereocenters. The topological polar surface area (TPSA) is 52.9 Å². The van der Waals surface area contributed by atoms with E-state index < -0.39 is 29.9 Å². The van der Waals surface area contributed by atoms with Crippen molar-refractivity contribution < 1.29 is 23.1 Å². The predicted molar refractivity (Wildman–Crippen MR) is 114 cm³/mol. The van der Waals surface area contributed by atoms with Crippen molar-refractivity contribution in [3.05, 3.63) is 94.5 Å². The van der Waals surface area contributed by atoms with E-state index in [0.29, 0.717) is 9.48 Å². The lowest BCUT2D eigenvalue weighted by molar-refractivity contribution is -0.0816. The van der Waals surface area contributed by atoms with E-state index in [1.165, 1.54) is 24.3 Å². The second kappa shape index (κ2) is 7.94. The third-order valence-corrected chi connectivity index (χ3v) is 5.58. The molecule has 1 aliphatic heterocycles. The Morgan fingerprint density at radius 1 is 0.935 bits per heavy atom. The Bertz CT molecular complexity index is 1130. The maximum absolute atomic E-state index is 13.4. The fourth-order valence-corrected chi connectivity index (χ4v) is 3.68. The van der Waals surface area contributed by atoms with Gasteiger partial charge in [0.1, 0.15) is 5.71 Å². The van der Waals surface area contributed by atoms with Crippen LogP contribution >= 0.6 is 15.9 Å². The molecule has 1 aliphatic rings. The van der Waals surface area contributed by atoms with E-state index >= 15 is 0 Å². The molecule has 1 heterocycles. The lowest BCUT2D eigenvalue weighted by atomic mass is 9.96. The zero-order chi connectivity index (χ0) is 22.2. The highest BCUT2D eigenvalue weighted by Crippen LogP contribution is 2.40. The number of amides is 1. The number of aliphatic hydroxyl groups is 1. The number of rotatable bonds is 3. The molecule has 0 fully saturated rings. The average Bonchev–Trinajstić information content (AvgIpc) is 3.13. The standard InChI is InChI=1S/C23H16BrF3N2O2/c24-19-12-10-18(11-13-19)22(31)14-20(23(25,26)27)28-29(22)21(30)17-8-6-16(7-9-17)15-4-2-1-3-5-15/h1-13,31H,14H2. The van der Waals surface area contributed by atoms with E-state index in [0.717, 1.165) is 11.1 Å². The Hall–Kier alpha value is -2.97. The molecule has 0 aliphatic carbocycles. The summed E-state index contributed by atoms with van der Waals surface area (Å²) in [4.78, 5) is 13.1. The van der Waals surface area contributed by atoms with Crippen LogP contribution in [0, 0.1) is 0 Å². The van der Waals surface area contributed by atoms with Crippen LogP contribution in [0.2, 0.25) is 0 Å². The molecule has 0 saturated carbocycles. The minimum absolute atomic E-state index is 0.113. The third-order valence-electron chi connectivity index (χ3n) is 5.05. The first-order chi connectivity index (χ1) is 14.7. The molecular formula is C23H16BrF3N2O2. The predicted octanol–water partition coefficient (Wildman–Crippen LogP) is 5.73. The third kappa shape index (κ3) is 4.13. The molecule has 0 spiro atoms. The van der Waals surface area contributed by atoms with Crippen molar-refractivity contribution in [1.29, 1.82) is 0 Å². The van der Waals surface area contributed by atoms with Crippen LogP contribution in [0.4, 0.5) is 13.2 Å². The molecule has 31 heavy (non-hydrogen) atoms. The Morgan fingerprint density at radius 2 is 1.52 bits per heavy atom. The molecule has 0 radical (unpaired) electrons. The first-order valence-electron chi connectivity index (χ1n) is 9.32. The highest BCUT2D eigenvalue weighted by atomic mass is 79.9. The second-order valence-electron chi connectivity index (χ2n) is 7.11. The zero-order valence-corrected chi connectivity index (χ0v) is 17.6. The highest BCUT2D eigenvalue weighted by molar-refractivity contribution is 9.10. The summed E-state index contributed by atoms with van der Waals surface area (Å²) in [6, 6.07) is 21.9. The van der Waals surface area contributed by atoms with Gasteiger partial charge in [0.2, 0.25) is 0 Å². The van der Waals surface area contributed by atoms with E-state index in [1.54, 1.807) is 24.3 Å². The number of benzene rings is 3. The van der Waals surface area contributed by atoms with Crippen LogP contribution < -0.4 is 0 Å². The van der Waals surface area contributed by atoms with Crippen molar-refractivity contribution in [2.45, 2.75) is 18.3 Å². The van der Waals surface area contributed by atoms with Crippen LogP contribution in [0.5, 0.6) is 0 Å². The van der Waals surface area contributed by atoms with Gasteiger partial charge in [-0.25, -0.2) is 0 Å². The van der Waals surface area contributed by atoms with Gasteiger partial charge in [0.25, 0.3) is 5.91 Å². The molecule has 3 aromatic carbocycles. The van der Waals surface area contributed by atoms with Crippen LogP contribution in [-0.4, -0.2) is 27.9 Å². The van der Waals surface area contributed by atoms with Gasteiger partial charge in [-0.1, -0.05) is 70.5 Å². The van der Waals surface area contributed by atoms with Gasteiger partial charge in [-0.15, -0.1) is 0 Å². The molecule has 1 N–H and O–H groups in total. The van der Waals surface area contributed by atoms with E-state index in [2.05, 4.69) is 21.0 Å². The highest BCUT2D eigenvalue weighted by Gasteiger charge is 2.53. The van der Waals surface area contributed by atoms with Crippen molar-refractivity contribution in [1.82, 2.24) is 5.01 Å². The van der Waals surface area contributed by atoms with Gasteiger partial charge in [0.15, 0.2) is 5.72 Å². The number of hydrazone groups is 1. The summed E-state index contributed by atoms with van der Waals surface area (Å²) in [5.41, 5.74) is -1.43. The summed E-state index contributed by atoms with van der Waals surface area (Å²) in [5.74, 6) is -0.829. The lowest BCUT2D eigenvalue weighted by Gasteiger charge is -2.31. The number of alkyl halides is 3. The number of carbonyl (C=O) groups excluding carboxylic acids is 1. The summed E-state index contributed by atoms with van der Waals surface area (Å²) in [6.07, 6.45) is -5.62. The van der Waals surface area contributed by atoms with Gasteiger partial charge in [-0.3, -0.25) is 4.79 Å². The van der Waals surface area contributed by atoms with Gasteiger partial charge >= 0.3 is 6.18 Å². The summed E-state index contributed by atoms with van der Waals surface area (Å²) in [5, 5.41) is 15.2. The summed E-state index contributed by atoms with van der Waals surface area (Å²) in [6.45, 7) is 0. The molecule has 158 valence electrons. The Labute approximate surface area is 184 Å². The van der Waals surface area contributed by atoms with Crippen LogP contribution in [0.3, 0.4) is 0 Å². The van der Waals surface area contributed by atoms with Crippen molar-refractivity contribution in [3.63, 3.8) is 0 Å². The van der Waals surface area contributed by atoms with Gasteiger partial charge in [-0.05, 0) is 35.4 Å². The van der Waals surface area contributed by atoms with Gasteiger partial charge in [-0.2, -0.15) is 23.3 Å². The molecule has 8 heteroatoms. The van der Waals surface area contributed by atoms with Gasteiger partial charge < -0.3 is 5.11 Å². The number of carbonyl (C=O) groups is 1. The number of hydrogen-bond donors (Lipinski definition) is 1. The zero-order valence-electron chi connectivity index (χ0n) is 16.0. The average molecular weight is 489 g/mol. The van der Waals surface area contributed by atoms with Crippen LogP contribution in [-0.2, 0) is 5.72 Å². The molecule has 1 unspecified atom stereocenters. The van der Waals surface area contributed by atoms with Gasteiger partial charge in [0, 0.05) is 15.6 Å². The molecule has 1 amide bonds. The van der Waals surface area contributed by atoms with E-state index in [-0.39, 0.29) is 11.1 Å². The quantitative estimate of drug-likeness (QED) is 0.512. The first kappa shape index (κ1) is 21.3. The SMILES string of the molecule is O=C(c1ccc(-c2ccccc2)cc1)N1N=C(C(F)(F)F)CC1(O)c1ccc(Br)cc1. The molecule has 0 bridgehead atoms. The largest absolute Gasteiger partial charge is 0.431 e. The number of halogens is 4. The van der Waals surface area contributed by atoms with Crippen molar-refractivity contribution >= 4 is 27.5 Å². The minimum atomic E-state index is -4.77. The smallest absolute Gasteiger partial charge is 0.365 e. The number of hydrogen-bond acceptors (Lipinski definition) is 3. The lowest BCUT2D eigenvalue weighted by Crippen LogP contribution is -2.43. The van der Waals surface area contributed by atoms with E-state index in [4.69, 9.17) is 0 Å². The molecule has 4 nitrogen and oxygen atoms in total. The normalized spacial score (nSPS) is 18.7. The summed E-state index contributed by atoms with van der Waals surface area (Å²) >= 11 is 3.25. The summed E-state index contributed by atoms with van der Waals surface area (Å²) < 4.78 is 40.8. The Morgan fingerprint density at radius 3 is 2.10 bits per heavy atom. The van der Waals surface area contributed by atoms with E-state index in [9.17, 15) is 23.1 Å². The van der Waals surface area contributed by atoms with Crippen molar-refractivity contribution in [3.8, 4) is 11.1 Å². The Balaban J connectivity index is 1.71. The van der Waals surface area contributed by atoms with Crippen molar-refractivity contribution in [2.75, 3.05) is 0 Å². The molecular weight excluding hydrogens is 473 g/mol. The number of nitrogens with zero attached hydrogens (tertiary/aromatic N) is 2. The molecule has 0 aromatic heterocycles. The maximum Gasteiger partial charge on any atom is 0.431 e. The minimum Gasteiger partial charge on any atom is -0.365 e. The van der Waals surface area contributed by atoms with Gasteiger partial charge in [0.05, 0.1) is 6.42 Å². The fraction of sp³-hybridized carbons (Fsp3) is 0.130.